The number of amidine groups is 1. The lowest BCUT2D eigenvalue weighted by molar-refractivity contribution is -0.0743. The van der Waals surface area contributed by atoms with Crippen molar-refractivity contribution in [3.05, 3.63) is 53.4 Å². The minimum Gasteiger partial charge on any atom is -0.377 e. The highest BCUT2D eigenvalue weighted by molar-refractivity contribution is 6.13. The normalized spacial score (nSPS) is 18.8. The highest BCUT2D eigenvalue weighted by Gasteiger charge is 2.42. The number of nitrogens with zero attached hydrogens (tertiary/aromatic N) is 4. The van der Waals surface area contributed by atoms with Crippen LogP contribution in [-0.4, -0.2) is 59.4 Å². The number of ether oxygens (including phenoxy) is 1. The standard InChI is InChI=1S/C22H21F2N7O/c1-12-19-20(30-29-12)13-7-17(31-6-5-26-22(9-31)10-32-11-22)25-8-16(13)27-21(28-19)18-14(23)3-2-4-15(18)24/h2-4,7-8,26H,5-6,9-11H2,1H3,(H,27,28)(H,29,30). The van der Waals surface area contributed by atoms with Gasteiger partial charge in [-0.1, -0.05) is 6.07 Å². The number of anilines is 2. The zero-order valence-electron chi connectivity index (χ0n) is 17.4. The number of hydrogen-bond acceptors (Lipinski definition) is 7. The van der Waals surface area contributed by atoms with Crippen LogP contribution in [0, 0.1) is 18.6 Å². The van der Waals surface area contributed by atoms with E-state index in [0.29, 0.717) is 36.0 Å². The quantitative estimate of drug-likeness (QED) is 0.571. The van der Waals surface area contributed by atoms with E-state index in [-0.39, 0.29) is 16.9 Å². The topological polar surface area (TPSA) is 90.5 Å². The van der Waals surface area contributed by atoms with E-state index in [0.717, 1.165) is 31.0 Å². The second-order valence-electron chi connectivity index (χ2n) is 8.42. The van der Waals surface area contributed by atoms with Crippen molar-refractivity contribution in [2.75, 3.05) is 43.1 Å². The number of H-pyrrole nitrogens is 1. The molecule has 3 N–H and O–H groups in total. The van der Waals surface area contributed by atoms with Gasteiger partial charge in [-0.3, -0.25) is 5.10 Å². The molecule has 164 valence electrons. The average molecular weight is 437 g/mol. The number of aryl methyl sites for hydroxylation is 1. The summed E-state index contributed by atoms with van der Waals surface area (Å²) in [6.45, 7) is 5.63. The average Bonchev–Trinajstić information content (AvgIpc) is 3.04. The second kappa shape index (κ2) is 7.07. The number of nitrogens with one attached hydrogen (secondary N) is 3. The molecule has 3 aliphatic rings. The van der Waals surface area contributed by atoms with Crippen LogP contribution in [0.15, 0.2) is 35.5 Å². The summed E-state index contributed by atoms with van der Waals surface area (Å²) in [5.41, 5.74) is 2.99. The molecule has 10 heteroatoms. The molecule has 6 rings (SSSR count). The van der Waals surface area contributed by atoms with Gasteiger partial charge in [0.05, 0.1) is 47.6 Å². The lowest BCUT2D eigenvalue weighted by atomic mass is 9.94. The summed E-state index contributed by atoms with van der Waals surface area (Å²) in [6, 6.07) is 5.72. The van der Waals surface area contributed by atoms with Crippen molar-refractivity contribution in [3.8, 4) is 11.3 Å². The van der Waals surface area contributed by atoms with E-state index in [9.17, 15) is 8.78 Å². The maximum atomic E-state index is 14.5. The van der Waals surface area contributed by atoms with Gasteiger partial charge in [0.2, 0.25) is 0 Å². The van der Waals surface area contributed by atoms with E-state index in [1.54, 1.807) is 13.1 Å². The van der Waals surface area contributed by atoms with Crippen molar-refractivity contribution in [2.45, 2.75) is 12.5 Å². The van der Waals surface area contributed by atoms with Crippen LogP contribution in [0.25, 0.3) is 11.3 Å². The van der Waals surface area contributed by atoms with Crippen LogP contribution < -0.4 is 15.5 Å². The molecule has 0 saturated carbocycles. The molecule has 0 unspecified atom stereocenters. The number of pyridine rings is 1. The molecule has 0 atom stereocenters. The molecule has 3 aliphatic heterocycles. The number of aliphatic imine (C=N–C) groups is 1. The van der Waals surface area contributed by atoms with Gasteiger partial charge in [0.25, 0.3) is 0 Å². The van der Waals surface area contributed by atoms with Gasteiger partial charge in [0.1, 0.15) is 29.0 Å². The van der Waals surface area contributed by atoms with Gasteiger partial charge >= 0.3 is 0 Å². The molecule has 8 nitrogen and oxygen atoms in total. The zero-order chi connectivity index (χ0) is 21.9. The smallest absolute Gasteiger partial charge is 0.144 e. The van der Waals surface area contributed by atoms with E-state index in [2.05, 4.69) is 35.7 Å². The molecule has 0 amide bonds. The summed E-state index contributed by atoms with van der Waals surface area (Å²) in [5, 5.41) is 14.0. The number of halogens is 2. The van der Waals surface area contributed by atoms with E-state index < -0.39 is 11.6 Å². The Bertz CT molecular complexity index is 1230. The first-order valence-corrected chi connectivity index (χ1v) is 10.5. The number of rotatable bonds is 2. The third-order valence-corrected chi connectivity index (χ3v) is 6.21. The van der Waals surface area contributed by atoms with Gasteiger partial charge in [0, 0.05) is 25.2 Å². The van der Waals surface area contributed by atoms with E-state index in [1.807, 2.05) is 6.07 Å². The molecule has 32 heavy (non-hydrogen) atoms. The van der Waals surface area contributed by atoms with Crippen LogP contribution in [0.3, 0.4) is 0 Å². The maximum absolute atomic E-state index is 14.5. The zero-order valence-corrected chi connectivity index (χ0v) is 17.4. The van der Waals surface area contributed by atoms with Gasteiger partial charge < -0.3 is 20.3 Å². The predicted octanol–water partition coefficient (Wildman–Crippen LogP) is 2.74. The largest absolute Gasteiger partial charge is 0.377 e. The van der Waals surface area contributed by atoms with Gasteiger partial charge in [-0.25, -0.2) is 18.8 Å². The number of piperazine rings is 1. The number of fused-ring (bicyclic) bond motifs is 3. The Balaban J connectivity index is 1.44. The molecular formula is C22H21F2N7O. The molecule has 5 heterocycles. The first kappa shape index (κ1) is 19.3. The van der Waals surface area contributed by atoms with Crippen molar-refractivity contribution in [2.24, 2.45) is 4.99 Å². The Morgan fingerprint density at radius 2 is 2.00 bits per heavy atom. The summed E-state index contributed by atoms with van der Waals surface area (Å²) in [5.74, 6) is -0.494. The van der Waals surface area contributed by atoms with E-state index >= 15 is 0 Å². The highest BCUT2D eigenvalue weighted by atomic mass is 19.1. The van der Waals surface area contributed by atoms with E-state index in [1.165, 1.54) is 18.2 Å². The van der Waals surface area contributed by atoms with Crippen LogP contribution in [0.1, 0.15) is 11.3 Å². The van der Waals surface area contributed by atoms with Gasteiger partial charge in [-0.2, -0.15) is 5.10 Å². The Hall–Kier alpha value is -3.37. The second-order valence-corrected chi connectivity index (χ2v) is 8.42. The van der Waals surface area contributed by atoms with Crippen LogP contribution in [0.4, 0.5) is 26.0 Å². The molecule has 0 bridgehead atoms. The van der Waals surface area contributed by atoms with Gasteiger partial charge in [-0.15, -0.1) is 0 Å². The summed E-state index contributed by atoms with van der Waals surface area (Å²) >= 11 is 0. The third kappa shape index (κ3) is 2.98. The molecule has 2 saturated heterocycles. The summed E-state index contributed by atoms with van der Waals surface area (Å²) in [7, 11) is 0. The number of hydrogen-bond donors (Lipinski definition) is 3. The Morgan fingerprint density at radius 3 is 2.75 bits per heavy atom. The highest BCUT2D eigenvalue weighted by Crippen LogP contribution is 2.40. The predicted molar refractivity (Wildman–Crippen MR) is 116 cm³/mol. The fourth-order valence-corrected chi connectivity index (χ4v) is 4.48. The molecule has 2 aromatic heterocycles. The van der Waals surface area contributed by atoms with Crippen molar-refractivity contribution >= 4 is 23.0 Å². The first-order valence-electron chi connectivity index (χ1n) is 10.5. The SMILES string of the molecule is Cc1n[nH]c2c1N=C(c1c(F)cccc1F)Nc1cnc(N3CCNC4(COC4)C3)cc1-2. The van der Waals surface area contributed by atoms with Crippen LogP contribution in [-0.2, 0) is 4.74 Å². The summed E-state index contributed by atoms with van der Waals surface area (Å²) < 4.78 is 34.5. The molecule has 3 aromatic rings. The van der Waals surface area contributed by atoms with Crippen LogP contribution >= 0.6 is 0 Å². The number of benzene rings is 1. The molecule has 0 radical (unpaired) electrons. The van der Waals surface area contributed by atoms with Crippen molar-refractivity contribution in [1.29, 1.82) is 0 Å². The fourth-order valence-electron chi connectivity index (χ4n) is 4.48. The minimum absolute atomic E-state index is 0.0284. The Labute approximate surface area is 182 Å². The first-order chi connectivity index (χ1) is 15.5. The lowest BCUT2D eigenvalue weighted by Gasteiger charge is -2.49. The Morgan fingerprint density at radius 1 is 1.19 bits per heavy atom. The monoisotopic (exact) mass is 437 g/mol. The van der Waals surface area contributed by atoms with Crippen LogP contribution in [0.2, 0.25) is 0 Å². The fraction of sp³-hybridized carbons (Fsp3) is 0.318. The molecule has 1 spiro atoms. The summed E-state index contributed by atoms with van der Waals surface area (Å²) in [4.78, 5) is 11.4. The summed E-state index contributed by atoms with van der Waals surface area (Å²) in [6.07, 6.45) is 1.68. The lowest BCUT2D eigenvalue weighted by Crippen LogP contribution is -2.70. The molecule has 2 fully saturated rings. The Kier molecular flexibility index (Phi) is 4.27. The number of aromatic amines is 1. The molecular weight excluding hydrogens is 416 g/mol. The minimum atomic E-state index is -0.694. The van der Waals surface area contributed by atoms with Crippen molar-refractivity contribution in [3.63, 3.8) is 0 Å². The van der Waals surface area contributed by atoms with Crippen molar-refractivity contribution < 1.29 is 13.5 Å². The number of aromatic nitrogens is 3. The van der Waals surface area contributed by atoms with Gasteiger partial charge in [-0.05, 0) is 25.1 Å². The maximum Gasteiger partial charge on any atom is 0.144 e. The van der Waals surface area contributed by atoms with E-state index in [4.69, 9.17) is 4.74 Å². The third-order valence-electron chi connectivity index (χ3n) is 6.21. The van der Waals surface area contributed by atoms with Crippen LogP contribution in [0.5, 0.6) is 0 Å². The van der Waals surface area contributed by atoms with Gasteiger partial charge in [0.15, 0.2) is 0 Å². The molecule has 0 aliphatic carbocycles. The molecule has 1 aromatic carbocycles. The van der Waals surface area contributed by atoms with Crippen molar-refractivity contribution in [1.82, 2.24) is 20.5 Å².